The minimum Gasteiger partial charge on any atom is -0.493 e. The average molecular weight is 311 g/mol. The molecular weight excluding hydrogens is 286 g/mol. The summed E-state index contributed by atoms with van der Waals surface area (Å²) in [6.07, 6.45) is 1.23. The molecule has 1 amide bonds. The summed E-state index contributed by atoms with van der Waals surface area (Å²) in [6, 6.07) is 16.2. The van der Waals surface area contributed by atoms with Gasteiger partial charge in [-0.25, -0.2) is 0 Å². The fraction of sp³-hybridized carbons (Fsp3) is 0.350. The lowest BCUT2D eigenvalue weighted by Crippen LogP contribution is -2.29. The number of aryl methyl sites for hydroxylation is 2. The first-order valence-electron chi connectivity index (χ1n) is 8.14. The minimum absolute atomic E-state index is 0.0181. The Morgan fingerprint density at radius 2 is 1.57 bits per heavy atom. The molecule has 0 unspecified atom stereocenters. The summed E-state index contributed by atoms with van der Waals surface area (Å²) in [5, 5.41) is 3.08. The molecule has 2 aromatic rings. The average Bonchev–Trinajstić information content (AvgIpc) is 2.55. The van der Waals surface area contributed by atoms with Crippen molar-refractivity contribution in [1.82, 2.24) is 5.32 Å². The van der Waals surface area contributed by atoms with Crippen molar-refractivity contribution in [2.45, 2.75) is 39.7 Å². The van der Waals surface area contributed by atoms with E-state index in [1.165, 1.54) is 11.1 Å². The van der Waals surface area contributed by atoms with Crippen LogP contribution in [-0.2, 0) is 4.79 Å². The number of carbonyl (C=O) groups excluding carboxylic acids is 1. The van der Waals surface area contributed by atoms with Gasteiger partial charge in [-0.1, -0.05) is 54.4 Å². The standard InChI is InChI=1S/C20H25NO2/c1-4-19(17-9-5-15(2)6-10-17)21-20(22)13-14-23-18-11-7-16(3)8-12-18/h5-12,19H,4,13-14H2,1-3H3,(H,21,22)/t19-/m1/s1. The maximum Gasteiger partial charge on any atom is 0.223 e. The van der Waals surface area contributed by atoms with Crippen molar-refractivity contribution in [3.63, 3.8) is 0 Å². The van der Waals surface area contributed by atoms with Crippen LogP contribution in [0.4, 0.5) is 0 Å². The molecule has 0 saturated carbocycles. The van der Waals surface area contributed by atoms with Crippen LogP contribution in [0.3, 0.4) is 0 Å². The predicted octanol–water partition coefficient (Wildman–Crippen LogP) is 4.34. The van der Waals surface area contributed by atoms with E-state index in [1.54, 1.807) is 0 Å². The van der Waals surface area contributed by atoms with Crippen molar-refractivity contribution in [2.75, 3.05) is 6.61 Å². The fourth-order valence-corrected chi connectivity index (χ4v) is 2.38. The van der Waals surface area contributed by atoms with Crippen molar-refractivity contribution >= 4 is 5.91 Å². The van der Waals surface area contributed by atoms with E-state index in [4.69, 9.17) is 4.74 Å². The van der Waals surface area contributed by atoms with E-state index in [0.29, 0.717) is 13.0 Å². The second-order valence-electron chi connectivity index (χ2n) is 5.85. The Hall–Kier alpha value is -2.29. The van der Waals surface area contributed by atoms with Gasteiger partial charge in [-0.2, -0.15) is 0 Å². The third-order valence-corrected chi connectivity index (χ3v) is 3.84. The second kappa shape index (κ2) is 8.37. The molecule has 0 saturated heterocycles. The third-order valence-electron chi connectivity index (χ3n) is 3.84. The van der Waals surface area contributed by atoms with Gasteiger partial charge in [0.15, 0.2) is 0 Å². The van der Waals surface area contributed by atoms with Crippen molar-refractivity contribution in [2.24, 2.45) is 0 Å². The van der Waals surface area contributed by atoms with Gasteiger partial charge < -0.3 is 10.1 Å². The number of hydrogen-bond donors (Lipinski definition) is 1. The molecule has 3 nitrogen and oxygen atoms in total. The van der Waals surface area contributed by atoms with Gasteiger partial charge in [-0.3, -0.25) is 4.79 Å². The molecule has 0 aliphatic heterocycles. The zero-order valence-corrected chi connectivity index (χ0v) is 14.1. The Bertz CT molecular complexity index is 617. The van der Waals surface area contributed by atoms with E-state index in [2.05, 4.69) is 43.4 Å². The molecule has 0 radical (unpaired) electrons. The Balaban J connectivity index is 1.80. The molecule has 122 valence electrons. The van der Waals surface area contributed by atoms with Crippen LogP contribution >= 0.6 is 0 Å². The van der Waals surface area contributed by atoms with Crippen molar-refractivity contribution in [1.29, 1.82) is 0 Å². The number of nitrogens with one attached hydrogen (secondary N) is 1. The van der Waals surface area contributed by atoms with Crippen molar-refractivity contribution in [3.05, 3.63) is 65.2 Å². The fourth-order valence-electron chi connectivity index (χ4n) is 2.38. The van der Waals surface area contributed by atoms with Gasteiger partial charge in [0.05, 0.1) is 19.1 Å². The zero-order valence-electron chi connectivity index (χ0n) is 14.1. The molecule has 3 heteroatoms. The number of amides is 1. The number of rotatable bonds is 7. The molecule has 1 atom stereocenters. The number of ether oxygens (including phenoxy) is 1. The monoisotopic (exact) mass is 311 g/mol. The Morgan fingerprint density at radius 3 is 2.13 bits per heavy atom. The number of hydrogen-bond acceptors (Lipinski definition) is 2. The molecule has 0 aromatic heterocycles. The van der Waals surface area contributed by atoms with Crippen molar-refractivity contribution in [3.8, 4) is 5.75 Å². The van der Waals surface area contributed by atoms with Gasteiger partial charge >= 0.3 is 0 Å². The number of benzene rings is 2. The van der Waals surface area contributed by atoms with Crippen LogP contribution in [0.25, 0.3) is 0 Å². The molecule has 0 aliphatic rings. The first-order chi connectivity index (χ1) is 11.1. The quantitative estimate of drug-likeness (QED) is 0.826. The van der Waals surface area contributed by atoms with E-state index in [0.717, 1.165) is 17.7 Å². The smallest absolute Gasteiger partial charge is 0.223 e. The highest BCUT2D eigenvalue weighted by Crippen LogP contribution is 2.17. The Morgan fingerprint density at radius 1 is 1.00 bits per heavy atom. The molecule has 0 heterocycles. The van der Waals surface area contributed by atoms with Crippen LogP contribution in [0.1, 0.15) is 42.5 Å². The SMILES string of the molecule is CC[C@@H](NC(=O)CCOc1ccc(C)cc1)c1ccc(C)cc1. The molecule has 0 bridgehead atoms. The molecule has 2 aromatic carbocycles. The maximum absolute atomic E-state index is 12.1. The van der Waals surface area contributed by atoms with Crippen LogP contribution in [0, 0.1) is 13.8 Å². The lowest BCUT2D eigenvalue weighted by Gasteiger charge is -2.18. The van der Waals surface area contributed by atoms with Gasteiger partial charge in [-0.05, 0) is 38.0 Å². The molecule has 23 heavy (non-hydrogen) atoms. The largest absolute Gasteiger partial charge is 0.493 e. The normalized spacial score (nSPS) is 11.8. The Kier molecular flexibility index (Phi) is 6.21. The first-order valence-corrected chi connectivity index (χ1v) is 8.14. The van der Waals surface area contributed by atoms with Crippen LogP contribution in [0.2, 0.25) is 0 Å². The summed E-state index contributed by atoms with van der Waals surface area (Å²) in [5.41, 5.74) is 3.56. The highest BCUT2D eigenvalue weighted by Gasteiger charge is 2.12. The molecule has 0 fully saturated rings. The zero-order chi connectivity index (χ0) is 16.7. The van der Waals surface area contributed by atoms with Crippen LogP contribution < -0.4 is 10.1 Å². The van der Waals surface area contributed by atoms with Gasteiger partial charge in [0.25, 0.3) is 0 Å². The van der Waals surface area contributed by atoms with E-state index in [1.807, 2.05) is 31.2 Å². The Labute approximate surface area is 138 Å². The van der Waals surface area contributed by atoms with Gasteiger partial charge in [0, 0.05) is 0 Å². The van der Waals surface area contributed by atoms with Gasteiger partial charge in [-0.15, -0.1) is 0 Å². The molecular formula is C20H25NO2. The summed E-state index contributed by atoms with van der Waals surface area (Å²) >= 11 is 0. The minimum atomic E-state index is 0.0181. The molecule has 0 aliphatic carbocycles. The lowest BCUT2D eigenvalue weighted by molar-refractivity contribution is -0.122. The topological polar surface area (TPSA) is 38.3 Å². The van der Waals surface area contributed by atoms with Gasteiger partial charge in [0.1, 0.15) is 5.75 Å². The predicted molar refractivity (Wildman–Crippen MR) is 93.6 cm³/mol. The van der Waals surface area contributed by atoms with Crippen LogP contribution in [-0.4, -0.2) is 12.5 Å². The third kappa shape index (κ3) is 5.44. The highest BCUT2D eigenvalue weighted by molar-refractivity contribution is 5.76. The summed E-state index contributed by atoms with van der Waals surface area (Å²) in [6.45, 7) is 6.56. The van der Waals surface area contributed by atoms with Crippen LogP contribution in [0.5, 0.6) is 5.75 Å². The lowest BCUT2D eigenvalue weighted by atomic mass is 10.0. The van der Waals surface area contributed by atoms with E-state index >= 15 is 0 Å². The molecule has 2 rings (SSSR count). The van der Waals surface area contributed by atoms with E-state index in [9.17, 15) is 4.79 Å². The van der Waals surface area contributed by atoms with Crippen LogP contribution in [0.15, 0.2) is 48.5 Å². The van der Waals surface area contributed by atoms with E-state index < -0.39 is 0 Å². The highest BCUT2D eigenvalue weighted by atomic mass is 16.5. The summed E-state index contributed by atoms with van der Waals surface area (Å²) in [4.78, 5) is 12.1. The first kappa shape index (κ1) is 17.1. The summed E-state index contributed by atoms with van der Waals surface area (Å²) in [7, 11) is 0. The maximum atomic E-state index is 12.1. The number of carbonyl (C=O) groups is 1. The van der Waals surface area contributed by atoms with E-state index in [-0.39, 0.29) is 11.9 Å². The second-order valence-corrected chi connectivity index (χ2v) is 5.85. The van der Waals surface area contributed by atoms with Crippen molar-refractivity contribution < 1.29 is 9.53 Å². The summed E-state index contributed by atoms with van der Waals surface area (Å²) in [5.74, 6) is 0.818. The summed E-state index contributed by atoms with van der Waals surface area (Å²) < 4.78 is 5.61. The molecule has 0 spiro atoms. The molecule has 1 N–H and O–H groups in total. The van der Waals surface area contributed by atoms with Gasteiger partial charge in [0.2, 0.25) is 5.91 Å².